The van der Waals surface area contributed by atoms with Gasteiger partial charge in [-0.15, -0.1) is 0 Å². The van der Waals surface area contributed by atoms with Gasteiger partial charge in [-0.2, -0.15) is 0 Å². The van der Waals surface area contributed by atoms with Gasteiger partial charge in [0, 0.05) is 12.5 Å². The molecule has 1 amide bonds. The Morgan fingerprint density at radius 1 is 1.23 bits per heavy atom. The predicted molar refractivity (Wildman–Crippen MR) is 90.1 cm³/mol. The molecule has 22 heavy (non-hydrogen) atoms. The second kappa shape index (κ2) is 7.50. The number of hydrogen-bond donors (Lipinski definition) is 2. The third kappa shape index (κ3) is 4.01. The first-order chi connectivity index (χ1) is 10.6. The molecule has 0 aliphatic carbocycles. The van der Waals surface area contributed by atoms with E-state index in [1.807, 2.05) is 18.2 Å². The third-order valence-corrected chi connectivity index (χ3v) is 3.73. The van der Waals surface area contributed by atoms with Crippen molar-refractivity contribution in [2.24, 2.45) is 0 Å². The molecular weight excluding hydrogens is 276 g/mol. The zero-order chi connectivity index (χ0) is 15.9. The molecule has 0 radical (unpaired) electrons. The number of ether oxygens (including phenoxy) is 1. The first kappa shape index (κ1) is 15.9. The SMILES string of the molecule is CCC(CC(=O)Nc1cc(OC)ccc1N)c1ccccc1. The summed E-state index contributed by atoms with van der Waals surface area (Å²) in [6, 6.07) is 15.3. The summed E-state index contributed by atoms with van der Waals surface area (Å²) in [5, 5.41) is 2.88. The number of benzene rings is 2. The monoisotopic (exact) mass is 298 g/mol. The van der Waals surface area contributed by atoms with Crippen LogP contribution in [-0.4, -0.2) is 13.0 Å². The van der Waals surface area contributed by atoms with Crippen LogP contribution in [0.25, 0.3) is 0 Å². The number of rotatable bonds is 6. The Morgan fingerprint density at radius 3 is 2.59 bits per heavy atom. The lowest BCUT2D eigenvalue weighted by atomic mass is 9.93. The number of hydrogen-bond acceptors (Lipinski definition) is 3. The van der Waals surface area contributed by atoms with Gasteiger partial charge in [-0.05, 0) is 30.0 Å². The Labute approximate surface area is 131 Å². The summed E-state index contributed by atoms with van der Waals surface area (Å²) in [4.78, 5) is 12.3. The highest BCUT2D eigenvalue weighted by Crippen LogP contribution is 2.27. The van der Waals surface area contributed by atoms with Gasteiger partial charge < -0.3 is 15.8 Å². The molecule has 116 valence electrons. The Balaban J connectivity index is 2.06. The molecule has 2 rings (SSSR count). The predicted octanol–water partition coefficient (Wildman–Crippen LogP) is 3.80. The van der Waals surface area contributed by atoms with Crippen molar-refractivity contribution in [3.63, 3.8) is 0 Å². The molecule has 1 atom stereocenters. The van der Waals surface area contributed by atoms with Crippen molar-refractivity contribution < 1.29 is 9.53 Å². The summed E-state index contributed by atoms with van der Waals surface area (Å²) in [6.45, 7) is 2.09. The fourth-order valence-corrected chi connectivity index (χ4v) is 2.42. The molecule has 0 aliphatic rings. The molecule has 3 N–H and O–H groups in total. The van der Waals surface area contributed by atoms with Gasteiger partial charge in [-0.3, -0.25) is 4.79 Å². The van der Waals surface area contributed by atoms with E-state index in [4.69, 9.17) is 10.5 Å². The summed E-state index contributed by atoms with van der Waals surface area (Å²) < 4.78 is 5.16. The first-order valence-corrected chi connectivity index (χ1v) is 7.42. The third-order valence-electron chi connectivity index (χ3n) is 3.73. The average Bonchev–Trinajstić information content (AvgIpc) is 2.55. The Bertz CT molecular complexity index is 626. The number of amides is 1. The van der Waals surface area contributed by atoms with Gasteiger partial charge in [0.05, 0.1) is 18.5 Å². The number of carbonyl (C=O) groups is 1. The van der Waals surface area contributed by atoms with Crippen LogP contribution in [0.1, 0.15) is 31.2 Å². The lowest BCUT2D eigenvalue weighted by Gasteiger charge is -2.16. The quantitative estimate of drug-likeness (QED) is 0.797. The van der Waals surface area contributed by atoms with Crippen LogP contribution >= 0.6 is 0 Å². The molecule has 2 aromatic carbocycles. The highest BCUT2D eigenvalue weighted by molar-refractivity contribution is 5.94. The van der Waals surface area contributed by atoms with Crippen LogP contribution in [0.2, 0.25) is 0 Å². The van der Waals surface area contributed by atoms with Gasteiger partial charge in [0.15, 0.2) is 0 Å². The standard InChI is InChI=1S/C18H22N2O2/c1-3-13(14-7-5-4-6-8-14)11-18(21)20-17-12-15(22-2)9-10-16(17)19/h4-10,12-13H,3,11,19H2,1-2H3,(H,20,21). The normalized spacial score (nSPS) is 11.7. The average molecular weight is 298 g/mol. The molecule has 0 bridgehead atoms. The number of nitrogen functional groups attached to an aromatic ring is 1. The maximum Gasteiger partial charge on any atom is 0.225 e. The van der Waals surface area contributed by atoms with Crippen LogP contribution in [-0.2, 0) is 4.79 Å². The van der Waals surface area contributed by atoms with Crippen LogP contribution in [0.4, 0.5) is 11.4 Å². The molecule has 0 aliphatic heterocycles. The fourth-order valence-electron chi connectivity index (χ4n) is 2.42. The van der Waals surface area contributed by atoms with E-state index in [0.29, 0.717) is 23.5 Å². The van der Waals surface area contributed by atoms with Crippen molar-refractivity contribution in [2.75, 3.05) is 18.2 Å². The van der Waals surface area contributed by atoms with E-state index in [0.717, 1.165) is 6.42 Å². The second-order valence-electron chi connectivity index (χ2n) is 5.22. The van der Waals surface area contributed by atoms with Gasteiger partial charge in [-0.1, -0.05) is 37.3 Å². The molecule has 0 saturated heterocycles. The molecular formula is C18H22N2O2. The number of methoxy groups -OCH3 is 1. The van der Waals surface area contributed by atoms with Gasteiger partial charge in [0.25, 0.3) is 0 Å². The van der Waals surface area contributed by atoms with E-state index in [1.54, 1.807) is 25.3 Å². The molecule has 4 heteroatoms. The van der Waals surface area contributed by atoms with Crippen molar-refractivity contribution in [3.05, 3.63) is 54.1 Å². The van der Waals surface area contributed by atoms with Crippen molar-refractivity contribution in [1.82, 2.24) is 0 Å². The number of anilines is 2. The van der Waals surface area contributed by atoms with Crippen molar-refractivity contribution in [2.45, 2.75) is 25.7 Å². The van der Waals surface area contributed by atoms with E-state index in [2.05, 4.69) is 24.4 Å². The Kier molecular flexibility index (Phi) is 5.42. The molecule has 0 aromatic heterocycles. The molecule has 0 spiro atoms. The Morgan fingerprint density at radius 2 is 1.95 bits per heavy atom. The summed E-state index contributed by atoms with van der Waals surface area (Å²) in [7, 11) is 1.58. The number of nitrogens with one attached hydrogen (secondary N) is 1. The maximum absolute atomic E-state index is 12.3. The summed E-state index contributed by atoms with van der Waals surface area (Å²) in [5.74, 6) is 0.822. The lowest BCUT2D eigenvalue weighted by Crippen LogP contribution is -2.16. The van der Waals surface area contributed by atoms with Crippen LogP contribution in [0.3, 0.4) is 0 Å². The highest BCUT2D eigenvalue weighted by Gasteiger charge is 2.15. The van der Waals surface area contributed by atoms with Crippen LogP contribution in [0.5, 0.6) is 5.75 Å². The van der Waals surface area contributed by atoms with Crippen molar-refractivity contribution >= 4 is 17.3 Å². The van der Waals surface area contributed by atoms with E-state index in [1.165, 1.54) is 5.56 Å². The van der Waals surface area contributed by atoms with E-state index < -0.39 is 0 Å². The molecule has 0 fully saturated rings. The molecule has 0 heterocycles. The maximum atomic E-state index is 12.3. The fraction of sp³-hybridized carbons (Fsp3) is 0.278. The van der Waals surface area contributed by atoms with Crippen molar-refractivity contribution in [3.8, 4) is 5.75 Å². The van der Waals surface area contributed by atoms with Crippen LogP contribution < -0.4 is 15.8 Å². The topological polar surface area (TPSA) is 64.3 Å². The summed E-state index contributed by atoms with van der Waals surface area (Å²) in [5.41, 5.74) is 8.20. The summed E-state index contributed by atoms with van der Waals surface area (Å²) >= 11 is 0. The molecule has 1 unspecified atom stereocenters. The molecule has 2 aromatic rings. The van der Waals surface area contributed by atoms with Gasteiger partial charge in [-0.25, -0.2) is 0 Å². The minimum Gasteiger partial charge on any atom is -0.497 e. The zero-order valence-corrected chi connectivity index (χ0v) is 13.0. The van der Waals surface area contributed by atoms with E-state index in [9.17, 15) is 4.79 Å². The van der Waals surface area contributed by atoms with Crippen molar-refractivity contribution in [1.29, 1.82) is 0 Å². The number of nitrogens with two attached hydrogens (primary N) is 1. The second-order valence-corrected chi connectivity index (χ2v) is 5.22. The molecule has 4 nitrogen and oxygen atoms in total. The number of carbonyl (C=O) groups excluding carboxylic acids is 1. The smallest absolute Gasteiger partial charge is 0.225 e. The van der Waals surface area contributed by atoms with Crippen LogP contribution in [0, 0.1) is 0 Å². The van der Waals surface area contributed by atoms with Gasteiger partial charge in [0.2, 0.25) is 5.91 Å². The van der Waals surface area contributed by atoms with E-state index >= 15 is 0 Å². The largest absolute Gasteiger partial charge is 0.497 e. The zero-order valence-electron chi connectivity index (χ0n) is 13.0. The van der Waals surface area contributed by atoms with Crippen LogP contribution in [0.15, 0.2) is 48.5 Å². The molecule has 0 saturated carbocycles. The lowest BCUT2D eigenvalue weighted by molar-refractivity contribution is -0.116. The first-order valence-electron chi connectivity index (χ1n) is 7.42. The Hall–Kier alpha value is -2.49. The van der Waals surface area contributed by atoms with Gasteiger partial charge >= 0.3 is 0 Å². The minimum absolute atomic E-state index is 0.0457. The van der Waals surface area contributed by atoms with Gasteiger partial charge in [0.1, 0.15) is 5.75 Å². The minimum atomic E-state index is -0.0457. The highest BCUT2D eigenvalue weighted by atomic mass is 16.5. The van der Waals surface area contributed by atoms with E-state index in [-0.39, 0.29) is 11.8 Å². The summed E-state index contributed by atoms with van der Waals surface area (Å²) in [6.07, 6.45) is 1.34.